The van der Waals surface area contributed by atoms with Gasteiger partial charge in [-0.2, -0.15) is 0 Å². The summed E-state index contributed by atoms with van der Waals surface area (Å²) in [5, 5.41) is 2.30. The standard InChI is InChI=1S/C6H7NO2S/c1-2-5-3-10-6(7-5)9-4-8/h3-4H,2H2,1H3. The normalized spacial score (nSPS) is 9.30. The number of rotatable bonds is 3. The molecule has 10 heavy (non-hydrogen) atoms. The van der Waals surface area contributed by atoms with Gasteiger partial charge >= 0.3 is 0 Å². The van der Waals surface area contributed by atoms with Gasteiger partial charge in [-0.05, 0) is 6.42 Å². The molecule has 0 aliphatic carbocycles. The van der Waals surface area contributed by atoms with Crippen LogP contribution in [0.1, 0.15) is 12.6 Å². The predicted octanol–water partition coefficient (Wildman–Crippen LogP) is 1.24. The van der Waals surface area contributed by atoms with E-state index in [4.69, 9.17) is 0 Å². The van der Waals surface area contributed by atoms with Crippen molar-refractivity contribution in [1.29, 1.82) is 0 Å². The Morgan fingerprint density at radius 1 is 1.90 bits per heavy atom. The van der Waals surface area contributed by atoms with E-state index < -0.39 is 0 Å². The molecule has 1 aromatic heterocycles. The Labute approximate surface area is 62.7 Å². The lowest BCUT2D eigenvalue weighted by Gasteiger charge is -1.85. The van der Waals surface area contributed by atoms with Crippen LogP contribution in [0.4, 0.5) is 0 Å². The second kappa shape index (κ2) is 3.31. The minimum Gasteiger partial charge on any atom is -0.400 e. The Morgan fingerprint density at radius 2 is 2.70 bits per heavy atom. The zero-order valence-corrected chi connectivity index (χ0v) is 6.35. The Balaban J connectivity index is 2.67. The van der Waals surface area contributed by atoms with Crippen molar-refractivity contribution in [2.75, 3.05) is 0 Å². The molecule has 0 saturated carbocycles. The molecule has 0 aliphatic rings. The van der Waals surface area contributed by atoms with Crippen LogP contribution < -0.4 is 4.74 Å². The Hall–Kier alpha value is -0.900. The van der Waals surface area contributed by atoms with E-state index in [1.807, 2.05) is 12.3 Å². The van der Waals surface area contributed by atoms with E-state index in [1.165, 1.54) is 11.3 Å². The van der Waals surface area contributed by atoms with Gasteiger partial charge in [0.2, 0.25) is 0 Å². The highest BCUT2D eigenvalue weighted by Gasteiger charge is 1.98. The van der Waals surface area contributed by atoms with Gasteiger partial charge in [-0.25, -0.2) is 4.98 Å². The number of thiazole rings is 1. The van der Waals surface area contributed by atoms with Crippen LogP contribution in [-0.4, -0.2) is 11.5 Å². The molecule has 0 aliphatic heterocycles. The van der Waals surface area contributed by atoms with Crippen LogP contribution in [-0.2, 0) is 11.2 Å². The van der Waals surface area contributed by atoms with Crippen LogP contribution in [0.15, 0.2) is 5.38 Å². The average Bonchev–Trinajstić information content (AvgIpc) is 2.37. The van der Waals surface area contributed by atoms with Crippen LogP contribution in [0.5, 0.6) is 5.19 Å². The van der Waals surface area contributed by atoms with Gasteiger partial charge < -0.3 is 4.74 Å². The monoisotopic (exact) mass is 157 g/mol. The van der Waals surface area contributed by atoms with Gasteiger partial charge in [0.1, 0.15) is 0 Å². The highest BCUT2D eigenvalue weighted by atomic mass is 32.1. The molecule has 0 saturated heterocycles. The van der Waals surface area contributed by atoms with Crippen LogP contribution in [0, 0.1) is 0 Å². The molecule has 54 valence electrons. The summed E-state index contributed by atoms with van der Waals surface area (Å²) in [6.45, 7) is 2.39. The van der Waals surface area contributed by atoms with Crippen molar-refractivity contribution in [3.8, 4) is 5.19 Å². The van der Waals surface area contributed by atoms with E-state index in [9.17, 15) is 4.79 Å². The van der Waals surface area contributed by atoms with E-state index in [0.29, 0.717) is 11.7 Å². The second-order valence-electron chi connectivity index (χ2n) is 1.67. The maximum atomic E-state index is 9.82. The summed E-state index contributed by atoms with van der Waals surface area (Å²) >= 11 is 1.33. The fourth-order valence-corrected chi connectivity index (χ4v) is 1.27. The Bertz CT molecular complexity index is 221. The van der Waals surface area contributed by atoms with Crippen molar-refractivity contribution in [2.45, 2.75) is 13.3 Å². The van der Waals surface area contributed by atoms with Crippen LogP contribution >= 0.6 is 11.3 Å². The smallest absolute Gasteiger partial charge is 0.300 e. The predicted molar refractivity (Wildman–Crippen MR) is 38.2 cm³/mol. The van der Waals surface area contributed by atoms with Crippen LogP contribution in [0.2, 0.25) is 0 Å². The fraction of sp³-hybridized carbons (Fsp3) is 0.333. The first-order chi connectivity index (χ1) is 4.86. The molecular weight excluding hydrogens is 150 g/mol. The van der Waals surface area contributed by atoms with Crippen molar-refractivity contribution >= 4 is 17.8 Å². The molecule has 0 unspecified atom stereocenters. The lowest BCUT2D eigenvalue weighted by Crippen LogP contribution is -1.87. The lowest BCUT2D eigenvalue weighted by atomic mass is 10.4. The number of aryl methyl sites for hydroxylation is 1. The van der Waals surface area contributed by atoms with E-state index in [0.717, 1.165) is 12.1 Å². The van der Waals surface area contributed by atoms with Gasteiger partial charge in [-0.3, -0.25) is 4.79 Å². The van der Waals surface area contributed by atoms with Gasteiger partial charge in [0, 0.05) is 5.38 Å². The summed E-state index contributed by atoms with van der Waals surface area (Å²) < 4.78 is 4.52. The van der Waals surface area contributed by atoms with Crippen molar-refractivity contribution in [3.63, 3.8) is 0 Å². The largest absolute Gasteiger partial charge is 0.400 e. The molecule has 4 heteroatoms. The topological polar surface area (TPSA) is 39.2 Å². The maximum Gasteiger partial charge on any atom is 0.300 e. The number of hydrogen-bond donors (Lipinski definition) is 0. The molecule has 1 rings (SSSR count). The van der Waals surface area contributed by atoms with Crippen molar-refractivity contribution in [2.24, 2.45) is 0 Å². The van der Waals surface area contributed by atoms with E-state index in [1.54, 1.807) is 0 Å². The number of aromatic nitrogens is 1. The van der Waals surface area contributed by atoms with Gasteiger partial charge in [-0.15, -0.1) is 0 Å². The minimum atomic E-state index is 0.387. The quantitative estimate of drug-likeness (QED) is 0.620. The zero-order valence-electron chi connectivity index (χ0n) is 5.53. The summed E-state index contributed by atoms with van der Waals surface area (Å²) in [6, 6.07) is 0. The van der Waals surface area contributed by atoms with Gasteiger partial charge in [0.05, 0.1) is 5.69 Å². The molecule has 0 N–H and O–H groups in total. The highest BCUT2D eigenvalue weighted by Crippen LogP contribution is 2.17. The second-order valence-corrected chi connectivity index (χ2v) is 2.49. The minimum absolute atomic E-state index is 0.387. The van der Waals surface area contributed by atoms with Crippen molar-refractivity contribution in [3.05, 3.63) is 11.1 Å². The van der Waals surface area contributed by atoms with Crippen LogP contribution in [0.3, 0.4) is 0 Å². The SMILES string of the molecule is CCc1csc(OC=O)n1. The number of ether oxygens (including phenoxy) is 1. The summed E-state index contributed by atoms with van der Waals surface area (Å²) in [4.78, 5) is 13.8. The van der Waals surface area contributed by atoms with E-state index in [-0.39, 0.29) is 0 Å². The molecular formula is C6H7NO2S. The fourth-order valence-electron chi connectivity index (χ4n) is 0.546. The van der Waals surface area contributed by atoms with Gasteiger partial charge in [0.15, 0.2) is 0 Å². The third kappa shape index (κ3) is 1.54. The lowest BCUT2D eigenvalue weighted by molar-refractivity contribution is -0.120. The average molecular weight is 157 g/mol. The molecule has 0 fully saturated rings. The molecule has 3 nitrogen and oxygen atoms in total. The highest BCUT2D eigenvalue weighted by molar-refractivity contribution is 7.11. The molecule has 1 heterocycles. The third-order valence-corrected chi connectivity index (χ3v) is 1.82. The van der Waals surface area contributed by atoms with Crippen molar-refractivity contribution < 1.29 is 9.53 Å². The van der Waals surface area contributed by atoms with E-state index >= 15 is 0 Å². The number of carbonyl (C=O) groups excluding carboxylic acids is 1. The first-order valence-corrected chi connectivity index (χ1v) is 3.79. The summed E-state index contributed by atoms with van der Waals surface area (Å²) in [6.07, 6.45) is 0.874. The molecule has 0 bridgehead atoms. The summed E-state index contributed by atoms with van der Waals surface area (Å²) in [5.41, 5.74) is 0.960. The summed E-state index contributed by atoms with van der Waals surface area (Å²) in [5.74, 6) is 0. The maximum absolute atomic E-state index is 9.82. The van der Waals surface area contributed by atoms with E-state index in [2.05, 4.69) is 9.72 Å². The first kappa shape index (κ1) is 7.21. The number of nitrogens with zero attached hydrogens (tertiary/aromatic N) is 1. The molecule has 1 aromatic rings. The molecule has 0 spiro atoms. The molecule has 0 amide bonds. The zero-order chi connectivity index (χ0) is 7.40. The van der Waals surface area contributed by atoms with Gasteiger partial charge in [-0.1, -0.05) is 18.3 Å². The molecule has 0 atom stereocenters. The Morgan fingerprint density at radius 3 is 3.20 bits per heavy atom. The summed E-state index contributed by atoms with van der Waals surface area (Å²) in [7, 11) is 0. The molecule has 0 radical (unpaired) electrons. The third-order valence-electron chi connectivity index (χ3n) is 1.04. The Kier molecular flexibility index (Phi) is 2.39. The first-order valence-electron chi connectivity index (χ1n) is 2.91. The molecule has 0 aromatic carbocycles. The van der Waals surface area contributed by atoms with Crippen LogP contribution in [0.25, 0.3) is 0 Å². The number of hydrogen-bond acceptors (Lipinski definition) is 4. The van der Waals surface area contributed by atoms with Crippen molar-refractivity contribution in [1.82, 2.24) is 4.98 Å². The number of carbonyl (C=O) groups is 1. The van der Waals surface area contributed by atoms with Gasteiger partial charge in [0.25, 0.3) is 11.7 Å².